The maximum absolute atomic E-state index is 14.5. The van der Waals surface area contributed by atoms with Crippen molar-refractivity contribution in [2.45, 2.75) is 35.8 Å². The number of aromatic nitrogens is 4. The van der Waals surface area contributed by atoms with Gasteiger partial charge in [0.1, 0.15) is 11.4 Å². The minimum Gasteiger partial charge on any atom is -0.325 e. The normalized spacial score (nSPS) is 13.7. The van der Waals surface area contributed by atoms with Gasteiger partial charge in [-0.3, -0.25) is 9.97 Å². The first-order valence-electron chi connectivity index (χ1n) is 9.87. The fourth-order valence-corrected chi connectivity index (χ4v) is 4.48. The molecule has 0 unspecified atom stereocenters. The Morgan fingerprint density at radius 1 is 0.919 bits per heavy atom. The minimum absolute atomic E-state index is 0.0532. The summed E-state index contributed by atoms with van der Waals surface area (Å²) in [5, 5.41) is 0.0867. The molecule has 3 aromatic rings. The molecule has 0 spiro atoms. The molecule has 6 nitrogen and oxygen atoms in total. The predicted octanol–water partition coefficient (Wildman–Crippen LogP) is 5.92. The number of hydrogen-bond acceptors (Lipinski definition) is 5. The van der Waals surface area contributed by atoms with Gasteiger partial charge in [0.05, 0.1) is 27.6 Å². The van der Waals surface area contributed by atoms with Crippen LogP contribution in [0.1, 0.15) is 12.6 Å². The lowest BCUT2D eigenvalue weighted by Crippen LogP contribution is -2.59. The number of hydrogen-bond donors (Lipinski definition) is 0. The number of rotatable bonds is 7. The molecular weight excluding hydrogens is 567 g/mol. The molecule has 0 saturated carbocycles. The first-order chi connectivity index (χ1) is 16.8. The number of nitrogens with zero attached hydrogens (tertiary/aromatic N) is 4. The van der Waals surface area contributed by atoms with Gasteiger partial charge in [-0.25, -0.2) is 13.4 Å². The van der Waals surface area contributed by atoms with Gasteiger partial charge in [-0.1, -0.05) is 18.5 Å². The minimum atomic E-state index is -7.12. The Labute approximate surface area is 208 Å². The van der Waals surface area contributed by atoms with Crippen molar-refractivity contribution in [3.63, 3.8) is 0 Å². The second-order valence-corrected chi connectivity index (χ2v) is 10.2. The van der Waals surface area contributed by atoms with E-state index in [1.54, 1.807) is 0 Å². The van der Waals surface area contributed by atoms with Crippen LogP contribution in [0.4, 0.5) is 39.5 Å². The maximum Gasteiger partial charge on any atom is 0.460 e. The average Bonchev–Trinajstić information content (AvgIpc) is 3.19. The van der Waals surface area contributed by atoms with Crippen LogP contribution in [0.3, 0.4) is 0 Å². The quantitative estimate of drug-likeness (QED) is 0.325. The van der Waals surface area contributed by atoms with E-state index in [2.05, 4.69) is 15.0 Å². The predicted molar refractivity (Wildman–Crippen MR) is 112 cm³/mol. The topological polar surface area (TPSA) is 77.7 Å². The Balaban J connectivity index is 2.23. The van der Waals surface area contributed by atoms with E-state index in [9.17, 15) is 47.9 Å². The van der Waals surface area contributed by atoms with E-state index >= 15 is 0 Å². The van der Waals surface area contributed by atoms with Gasteiger partial charge in [0.15, 0.2) is 15.7 Å². The Bertz CT molecular complexity index is 1440. The lowest BCUT2D eigenvalue weighted by Gasteiger charge is -2.33. The molecule has 0 radical (unpaired) electrons. The molecule has 0 aliphatic carbocycles. The van der Waals surface area contributed by atoms with E-state index in [1.807, 2.05) is 0 Å². The van der Waals surface area contributed by atoms with Crippen LogP contribution in [-0.2, 0) is 22.8 Å². The molecule has 17 heteroatoms. The van der Waals surface area contributed by atoms with Crippen molar-refractivity contribution in [3.05, 3.63) is 47.5 Å². The van der Waals surface area contributed by atoms with Crippen LogP contribution in [0.15, 0.2) is 41.7 Å². The molecule has 0 aliphatic rings. The number of imidazole rings is 1. The van der Waals surface area contributed by atoms with Crippen molar-refractivity contribution in [1.82, 2.24) is 19.5 Å². The molecule has 3 rings (SSSR count). The molecule has 0 aliphatic heterocycles. The highest BCUT2D eigenvalue weighted by molar-refractivity contribution is 7.91. The average molecular weight is 581 g/mol. The van der Waals surface area contributed by atoms with Crippen molar-refractivity contribution >= 4 is 21.4 Å². The summed E-state index contributed by atoms with van der Waals surface area (Å²) in [6.07, 6.45) is -4.73. The number of alkyl halides is 9. The monoisotopic (exact) mass is 580 g/mol. The summed E-state index contributed by atoms with van der Waals surface area (Å²) in [5.74, 6) is -21.5. The molecule has 0 N–H and O–H groups in total. The highest BCUT2D eigenvalue weighted by atomic mass is 35.5. The van der Waals surface area contributed by atoms with E-state index in [1.165, 1.54) is 25.3 Å². The Hall–Kier alpha value is -2.88. The first kappa shape index (κ1) is 28.7. The zero-order valence-corrected chi connectivity index (χ0v) is 20.0. The molecule has 0 fully saturated rings. The van der Waals surface area contributed by atoms with Gasteiger partial charge in [0.25, 0.3) is 0 Å². The fraction of sp³-hybridized carbons (Fsp3) is 0.350. The zero-order valence-electron chi connectivity index (χ0n) is 18.5. The third-order valence-corrected chi connectivity index (χ3v) is 7.31. The second kappa shape index (κ2) is 9.15. The van der Waals surface area contributed by atoms with Crippen molar-refractivity contribution < 1.29 is 47.9 Å². The molecule has 0 saturated heterocycles. The summed E-state index contributed by atoms with van der Waals surface area (Å²) in [6, 6.07) is 3.91. The van der Waals surface area contributed by atoms with E-state index in [0.29, 0.717) is 7.05 Å². The van der Waals surface area contributed by atoms with Crippen LogP contribution < -0.4 is 0 Å². The van der Waals surface area contributed by atoms with Crippen LogP contribution in [-0.4, -0.2) is 51.7 Å². The summed E-state index contributed by atoms with van der Waals surface area (Å²) in [6.45, 7) is 1.22. The molecule has 0 aromatic carbocycles. The van der Waals surface area contributed by atoms with Gasteiger partial charge in [0, 0.05) is 25.0 Å². The summed E-state index contributed by atoms with van der Waals surface area (Å²) < 4.78 is 147. The zero-order chi connectivity index (χ0) is 28.2. The molecule has 0 atom stereocenters. The van der Waals surface area contributed by atoms with Gasteiger partial charge >= 0.3 is 23.9 Å². The first-order valence-corrected chi connectivity index (χ1v) is 11.9. The molecule has 37 heavy (non-hydrogen) atoms. The molecule has 3 heterocycles. The van der Waals surface area contributed by atoms with Gasteiger partial charge in [-0.05, 0) is 18.2 Å². The SMILES string of the molecule is CCS(=O)(=O)c1cc(-c2ncccc2Cl)cnc1-c1ncc(C(F)(F)C(F)(F)C(F)(F)C(F)(F)F)n1C. The maximum atomic E-state index is 14.5. The van der Waals surface area contributed by atoms with Gasteiger partial charge in [-0.15, -0.1) is 0 Å². The third kappa shape index (κ3) is 4.53. The van der Waals surface area contributed by atoms with Crippen molar-refractivity contribution in [2.75, 3.05) is 5.75 Å². The number of sulfone groups is 1. The van der Waals surface area contributed by atoms with E-state index in [-0.39, 0.29) is 27.0 Å². The van der Waals surface area contributed by atoms with Gasteiger partial charge < -0.3 is 4.57 Å². The molecule has 0 bridgehead atoms. The van der Waals surface area contributed by atoms with Crippen LogP contribution in [0, 0.1) is 0 Å². The Morgan fingerprint density at radius 2 is 1.54 bits per heavy atom. The van der Waals surface area contributed by atoms with Crippen LogP contribution in [0.25, 0.3) is 22.8 Å². The summed E-state index contributed by atoms with van der Waals surface area (Å²) in [7, 11) is -3.63. The number of halogens is 10. The largest absolute Gasteiger partial charge is 0.460 e. The van der Waals surface area contributed by atoms with E-state index in [4.69, 9.17) is 11.6 Å². The lowest BCUT2D eigenvalue weighted by atomic mass is 10.0. The molecule has 3 aromatic heterocycles. The molecular formula is C20H14ClF9N4O2S. The highest BCUT2D eigenvalue weighted by Crippen LogP contribution is 2.56. The highest BCUT2D eigenvalue weighted by Gasteiger charge is 2.82. The fourth-order valence-electron chi connectivity index (χ4n) is 3.19. The van der Waals surface area contributed by atoms with Crippen molar-refractivity contribution in [1.29, 1.82) is 0 Å². The van der Waals surface area contributed by atoms with Gasteiger partial charge in [0.2, 0.25) is 0 Å². The summed E-state index contributed by atoms with van der Waals surface area (Å²) in [5.41, 5.74) is -2.57. The van der Waals surface area contributed by atoms with Crippen molar-refractivity contribution in [3.8, 4) is 22.8 Å². The van der Waals surface area contributed by atoms with Crippen LogP contribution >= 0.6 is 11.6 Å². The standard InChI is InChI=1S/C20H14ClF9N4O2S/c1-3-37(35,36)12-7-10(14-11(21)5-4-6-31-14)8-32-15(12)16-33-9-13(34(16)2)17(22,23)18(24,25)19(26,27)20(28,29)30/h4-9H,3H2,1-2H3. The summed E-state index contributed by atoms with van der Waals surface area (Å²) >= 11 is 6.05. The molecule has 202 valence electrons. The Morgan fingerprint density at radius 3 is 2.08 bits per heavy atom. The van der Waals surface area contributed by atoms with E-state index in [0.717, 1.165) is 12.3 Å². The summed E-state index contributed by atoms with van der Waals surface area (Å²) in [4.78, 5) is 10.6. The van der Waals surface area contributed by atoms with E-state index < -0.39 is 61.6 Å². The number of pyridine rings is 2. The lowest BCUT2D eigenvalue weighted by molar-refractivity contribution is -0.400. The van der Waals surface area contributed by atoms with Crippen molar-refractivity contribution in [2.24, 2.45) is 7.05 Å². The third-order valence-electron chi connectivity index (χ3n) is 5.27. The molecule has 0 amide bonds. The second-order valence-electron chi connectivity index (χ2n) is 7.55. The Kier molecular flexibility index (Phi) is 7.09. The van der Waals surface area contributed by atoms with Crippen LogP contribution in [0.2, 0.25) is 5.02 Å². The van der Waals surface area contributed by atoms with Crippen LogP contribution in [0.5, 0.6) is 0 Å². The van der Waals surface area contributed by atoms with Gasteiger partial charge in [-0.2, -0.15) is 39.5 Å². The smallest absolute Gasteiger partial charge is 0.325 e.